The number of halogens is 1. The van der Waals surface area contributed by atoms with Crippen LogP contribution in [-0.2, 0) is 4.79 Å². The van der Waals surface area contributed by atoms with E-state index in [-0.39, 0.29) is 23.9 Å². The van der Waals surface area contributed by atoms with E-state index >= 15 is 0 Å². The highest BCUT2D eigenvalue weighted by atomic mass is 35.5. The minimum absolute atomic E-state index is 0.0102. The molecule has 0 radical (unpaired) electrons. The number of benzene rings is 1. The highest BCUT2D eigenvalue weighted by Gasteiger charge is 2.17. The summed E-state index contributed by atoms with van der Waals surface area (Å²) in [5, 5.41) is 1.44. The van der Waals surface area contributed by atoms with Gasteiger partial charge in [-0.3, -0.25) is 9.59 Å². The van der Waals surface area contributed by atoms with Crippen molar-refractivity contribution in [2.75, 3.05) is 7.11 Å². The maximum atomic E-state index is 12.2. The topological polar surface area (TPSA) is 43.4 Å². The highest BCUT2D eigenvalue weighted by molar-refractivity contribution is 7.20. The first-order valence-corrected chi connectivity index (χ1v) is 7.42. The summed E-state index contributed by atoms with van der Waals surface area (Å²) in [6, 6.07) is 5.44. The molecule has 20 heavy (non-hydrogen) atoms. The van der Waals surface area contributed by atoms with Crippen molar-refractivity contribution in [3.8, 4) is 5.75 Å². The third-order valence-electron chi connectivity index (χ3n) is 3.25. The Kier molecular flexibility index (Phi) is 4.45. The first-order chi connectivity index (χ1) is 9.42. The molecule has 1 atom stereocenters. The molecule has 0 aliphatic heterocycles. The number of rotatable bonds is 5. The molecule has 106 valence electrons. The number of thiophene rings is 1. The number of Topliss-reactive ketones (excluding diaryl/α,β-unsaturated/α-hetero) is 2. The summed E-state index contributed by atoms with van der Waals surface area (Å²) in [6.07, 6.45) is 0.243. The molecular weight excluding hydrogens is 296 g/mol. The van der Waals surface area contributed by atoms with Gasteiger partial charge in [0.1, 0.15) is 11.5 Å². The lowest BCUT2D eigenvalue weighted by Gasteiger charge is -2.04. The van der Waals surface area contributed by atoms with Crippen molar-refractivity contribution in [2.45, 2.75) is 20.3 Å². The summed E-state index contributed by atoms with van der Waals surface area (Å²) in [5.41, 5.74) is 0. The molecule has 0 aliphatic rings. The zero-order valence-corrected chi connectivity index (χ0v) is 13.1. The Labute approximate surface area is 126 Å². The lowest BCUT2D eigenvalue weighted by atomic mass is 10.0. The lowest BCUT2D eigenvalue weighted by molar-refractivity contribution is -0.120. The summed E-state index contributed by atoms with van der Waals surface area (Å²) in [4.78, 5) is 24.0. The Bertz CT molecular complexity index is 675. The molecule has 0 aliphatic carbocycles. The van der Waals surface area contributed by atoms with Crippen LogP contribution in [0.15, 0.2) is 18.2 Å². The molecule has 1 aromatic heterocycles. The van der Waals surface area contributed by atoms with Gasteiger partial charge in [-0.25, -0.2) is 0 Å². The van der Waals surface area contributed by atoms with Gasteiger partial charge in [0.2, 0.25) is 0 Å². The van der Waals surface area contributed by atoms with Crippen molar-refractivity contribution in [1.29, 1.82) is 0 Å². The van der Waals surface area contributed by atoms with Crippen LogP contribution in [0.4, 0.5) is 0 Å². The van der Waals surface area contributed by atoms with Crippen molar-refractivity contribution < 1.29 is 14.3 Å². The first-order valence-electron chi connectivity index (χ1n) is 6.23. The van der Waals surface area contributed by atoms with Gasteiger partial charge in [0.25, 0.3) is 0 Å². The molecule has 0 amide bonds. The van der Waals surface area contributed by atoms with Crippen LogP contribution < -0.4 is 4.74 Å². The number of hydrogen-bond acceptors (Lipinski definition) is 4. The third-order valence-corrected chi connectivity index (χ3v) is 4.69. The summed E-state index contributed by atoms with van der Waals surface area (Å²) >= 11 is 7.47. The summed E-state index contributed by atoms with van der Waals surface area (Å²) < 4.78 is 6.11. The number of ether oxygens (including phenoxy) is 1. The van der Waals surface area contributed by atoms with Crippen LogP contribution in [0, 0.1) is 5.92 Å². The third kappa shape index (κ3) is 3.02. The van der Waals surface area contributed by atoms with Gasteiger partial charge in [0.05, 0.1) is 17.0 Å². The van der Waals surface area contributed by atoms with Crippen LogP contribution in [-0.4, -0.2) is 18.7 Å². The molecular formula is C15H15ClO3S. The minimum atomic E-state index is -0.245. The van der Waals surface area contributed by atoms with Gasteiger partial charge in [0.15, 0.2) is 5.78 Å². The average Bonchev–Trinajstić information content (AvgIpc) is 2.80. The number of carbonyl (C=O) groups is 2. The van der Waals surface area contributed by atoms with E-state index in [1.54, 1.807) is 20.1 Å². The van der Waals surface area contributed by atoms with E-state index in [2.05, 4.69) is 0 Å². The predicted molar refractivity (Wildman–Crippen MR) is 82.2 cm³/mol. The minimum Gasteiger partial charge on any atom is -0.495 e. The van der Waals surface area contributed by atoms with Crippen molar-refractivity contribution in [2.24, 2.45) is 5.92 Å². The van der Waals surface area contributed by atoms with Crippen LogP contribution in [0.25, 0.3) is 10.1 Å². The Morgan fingerprint density at radius 2 is 2.05 bits per heavy atom. The van der Waals surface area contributed by atoms with E-state index in [9.17, 15) is 9.59 Å². The quantitative estimate of drug-likeness (QED) is 0.771. The molecule has 5 heteroatoms. The van der Waals surface area contributed by atoms with Gasteiger partial charge in [-0.15, -0.1) is 11.3 Å². The molecule has 1 aromatic carbocycles. The standard InChI is InChI=1S/C15H15ClO3S/c1-8(9(2)17)4-12(18)15-6-10-5-11(16)13(19-3)7-14(10)20-15/h5-8H,4H2,1-3H3/t8-/m0/s1. The maximum Gasteiger partial charge on any atom is 0.173 e. The van der Waals surface area contributed by atoms with Crippen molar-refractivity contribution in [3.05, 3.63) is 28.1 Å². The first kappa shape index (κ1) is 15.0. The van der Waals surface area contributed by atoms with E-state index < -0.39 is 0 Å². The number of fused-ring (bicyclic) bond motifs is 1. The molecule has 2 rings (SSSR count). The van der Waals surface area contributed by atoms with Gasteiger partial charge in [-0.2, -0.15) is 0 Å². The van der Waals surface area contributed by atoms with E-state index in [0.29, 0.717) is 15.6 Å². The van der Waals surface area contributed by atoms with Gasteiger partial charge < -0.3 is 4.74 Å². The van der Waals surface area contributed by atoms with Crippen LogP contribution >= 0.6 is 22.9 Å². The smallest absolute Gasteiger partial charge is 0.173 e. The zero-order chi connectivity index (χ0) is 14.9. The molecule has 0 saturated carbocycles. The Balaban J connectivity index is 2.32. The molecule has 3 nitrogen and oxygen atoms in total. The summed E-state index contributed by atoms with van der Waals surface area (Å²) in [6.45, 7) is 3.28. The second kappa shape index (κ2) is 5.94. The molecule has 0 saturated heterocycles. The average molecular weight is 311 g/mol. The van der Waals surface area contributed by atoms with Gasteiger partial charge in [0, 0.05) is 17.0 Å². The SMILES string of the molecule is COc1cc2sc(C(=O)C[C@H](C)C(C)=O)cc2cc1Cl. The number of hydrogen-bond donors (Lipinski definition) is 0. The Morgan fingerprint density at radius 1 is 1.35 bits per heavy atom. The highest BCUT2D eigenvalue weighted by Crippen LogP contribution is 2.35. The Hall–Kier alpha value is -1.39. The van der Waals surface area contributed by atoms with Gasteiger partial charge in [-0.1, -0.05) is 18.5 Å². The van der Waals surface area contributed by atoms with Gasteiger partial charge >= 0.3 is 0 Å². The number of carbonyl (C=O) groups excluding carboxylic acids is 2. The monoisotopic (exact) mass is 310 g/mol. The molecule has 0 unspecified atom stereocenters. The van der Waals surface area contributed by atoms with E-state index in [0.717, 1.165) is 10.1 Å². The molecule has 0 spiro atoms. The Morgan fingerprint density at radius 3 is 2.65 bits per heavy atom. The van der Waals surface area contributed by atoms with Gasteiger partial charge in [-0.05, 0) is 30.5 Å². The molecule has 2 aromatic rings. The fourth-order valence-corrected chi connectivity index (χ4v) is 3.13. The summed E-state index contributed by atoms with van der Waals surface area (Å²) in [5.74, 6) is 0.371. The van der Waals surface area contributed by atoms with Crippen LogP contribution in [0.5, 0.6) is 5.75 Å². The maximum absolute atomic E-state index is 12.2. The second-order valence-electron chi connectivity index (χ2n) is 4.77. The summed E-state index contributed by atoms with van der Waals surface area (Å²) in [7, 11) is 1.56. The van der Waals surface area contributed by atoms with Crippen molar-refractivity contribution in [1.82, 2.24) is 0 Å². The largest absolute Gasteiger partial charge is 0.495 e. The second-order valence-corrected chi connectivity index (χ2v) is 6.27. The molecule has 1 heterocycles. The van der Waals surface area contributed by atoms with Crippen molar-refractivity contribution in [3.63, 3.8) is 0 Å². The lowest BCUT2D eigenvalue weighted by Crippen LogP contribution is -2.11. The predicted octanol–water partition coefficient (Wildman–Crippen LogP) is 4.36. The fourth-order valence-electron chi connectivity index (χ4n) is 1.86. The fraction of sp³-hybridized carbons (Fsp3) is 0.333. The van der Waals surface area contributed by atoms with Crippen LogP contribution in [0.1, 0.15) is 29.9 Å². The van der Waals surface area contributed by atoms with E-state index in [4.69, 9.17) is 16.3 Å². The van der Waals surface area contributed by atoms with E-state index in [1.807, 2.05) is 12.1 Å². The molecule has 0 fully saturated rings. The normalized spacial score (nSPS) is 12.4. The van der Waals surface area contributed by atoms with Crippen molar-refractivity contribution >= 4 is 44.6 Å². The van der Waals surface area contributed by atoms with E-state index in [1.165, 1.54) is 18.3 Å². The number of methoxy groups -OCH3 is 1. The zero-order valence-electron chi connectivity index (χ0n) is 11.5. The molecule has 0 N–H and O–H groups in total. The van der Waals surface area contributed by atoms with Crippen LogP contribution in [0.2, 0.25) is 5.02 Å². The van der Waals surface area contributed by atoms with Crippen LogP contribution in [0.3, 0.4) is 0 Å². The number of ketones is 2. The molecule has 0 bridgehead atoms.